The number of ether oxygens (including phenoxy) is 2. The Labute approximate surface area is 144 Å². The molecule has 134 valence electrons. The van der Waals surface area contributed by atoms with Gasteiger partial charge in [-0.25, -0.2) is 4.79 Å². The molecule has 1 heterocycles. The highest BCUT2D eigenvalue weighted by molar-refractivity contribution is 5.68. The fourth-order valence-corrected chi connectivity index (χ4v) is 2.50. The largest absolute Gasteiger partial charge is 0.492 e. The number of nitrogens with zero attached hydrogens (tertiary/aromatic N) is 2. The molecule has 1 fully saturated rings. The highest BCUT2D eigenvalue weighted by Crippen LogP contribution is 2.21. The van der Waals surface area contributed by atoms with Crippen molar-refractivity contribution in [2.45, 2.75) is 26.4 Å². The highest BCUT2D eigenvalue weighted by Gasteiger charge is 2.25. The van der Waals surface area contributed by atoms with Gasteiger partial charge >= 0.3 is 6.09 Å². The molecule has 0 unspecified atom stereocenters. The Morgan fingerprint density at radius 2 is 1.75 bits per heavy atom. The van der Waals surface area contributed by atoms with Crippen LogP contribution in [-0.4, -0.2) is 63.0 Å². The second-order valence-corrected chi connectivity index (χ2v) is 6.90. The molecule has 0 aromatic heterocycles. The number of hydrogen-bond donors (Lipinski definition) is 1. The summed E-state index contributed by atoms with van der Waals surface area (Å²) >= 11 is 0. The number of amides is 1. The Morgan fingerprint density at radius 1 is 1.12 bits per heavy atom. The third kappa shape index (κ3) is 5.60. The zero-order valence-electron chi connectivity index (χ0n) is 15.2. The Hall–Kier alpha value is -1.95. The van der Waals surface area contributed by atoms with Crippen molar-refractivity contribution in [3.05, 3.63) is 24.3 Å². The van der Waals surface area contributed by atoms with E-state index < -0.39 is 5.60 Å². The first-order valence-electron chi connectivity index (χ1n) is 8.49. The van der Waals surface area contributed by atoms with E-state index in [1.807, 2.05) is 40.0 Å². The number of rotatable bonds is 5. The van der Waals surface area contributed by atoms with Crippen LogP contribution in [0.4, 0.5) is 10.5 Å². The van der Waals surface area contributed by atoms with Gasteiger partial charge in [0.2, 0.25) is 0 Å². The topological polar surface area (TPSA) is 54.0 Å². The van der Waals surface area contributed by atoms with Gasteiger partial charge in [0, 0.05) is 38.4 Å². The van der Waals surface area contributed by atoms with Crippen LogP contribution in [0.3, 0.4) is 0 Å². The predicted molar refractivity (Wildman–Crippen MR) is 95.9 cm³/mol. The summed E-state index contributed by atoms with van der Waals surface area (Å²) in [6.07, 6.45) is -0.226. The van der Waals surface area contributed by atoms with Crippen molar-refractivity contribution < 1.29 is 14.3 Å². The molecule has 1 saturated heterocycles. The molecule has 1 aromatic rings. The summed E-state index contributed by atoms with van der Waals surface area (Å²) in [5.74, 6) is 0.876. The number of likely N-dealkylation sites (N-methyl/N-ethyl adjacent to an activating group) is 1. The number of hydrogen-bond acceptors (Lipinski definition) is 5. The summed E-state index contributed by atoms with van der Waals surface area (Å²) < 4.78 is 11.1. The second kappa shape index (κ2) is 8.24. The van der Waals surface area contributed by atoms with E-state index in [1.165, 1.54) is 0 Å². The van der Waals surface area contributed by atoms with Gasteiger partial charge in [0.15, 0.2) is 0 Å². The molecule has 24 heavy (non-hydrogen) atoms. The third-order valence-electron chi connectivity index (χ3n) is 3.75. The van der Waals surface area contributed by atoms with Crippen LogP contribution in [0.1, 0.15) is 20.8 Å². The lowest BCUT2D eigenvalue weighted by Gasteiger charge is -2.36. The monoisotopic (exact) mass is 335 g/mol. The molecule has 1 N–H and O–H groups in total. The van der Waals surface area contributed by atoms with E-state index in [-0.39, 0.29) is 6.09 Å². The van der Waals surface area contributed by atoms with E-state index in [4.69, 9.17) is 9.47 Å². The van der Waals surface area contributed by atoms with Crippen LogP contribution in [0.25, 0.3) is 0 Å². The van der Waals surface area contributed by atoms with Gasteiger partial charge in [-0.3, -0.25) is 0 Å². The summed E-state index contributed by atoms with van der Waals surface area (Å²) in [5.41, 5.74) is 0.706. The van der Waals surface area contributed by atoms with E-state index in [0.717, 1.165) is 31.1 Å². The zero-order chi connectivity index (χ0) is 17.6. The van der Waals surface area contributed by atoms with Crippen molar-refractivity contribution in [3.63, 3.8) is 0 Å². The zero-order valence-corrected chi connectivity index (χ0v) is 15.2. The van der Waals surface area contributed by atoms with Crippen LogP contribution in [0.15, 0.2) is 24.3 Å². The van der Waals surface area contributed by atoms with Crippen molar-refractivity contribution in [2.75, 3.05) is 51.3 Å². The first-order chi connectivity index (χ1) is 11.4. The smallest absolute Gasteiger partial charge is 0.410 e. The Kier molecular flexibility index (Phi) is 6.31. The summed E-state index contributed by atoms with van der Waals surface area (Å²) in [7, 11) is 1.91. The van der Waals surface area contributed by atoms with Crippen LogP contribution in [-0.2, 0) is 4.74 Å². The van der Waals surface area contributed by atoms with Gasteiger partial charge in [-0.05, 0) is 52.1 Å². The average Bonchev–Trinajstić information content (AvgIpc) is 2.54. The van der Waals surface area contributed by atoms with Crippen LogP contribution in [0.5, 0.6) is 5.75 Å². The van der Waals surface area contributed by atoms with Gasteiger partial charge in [0.25, 0.3) is 0 Å². The summed E-state index contributed by atoms with van der Waals surface area (Å²) in [5, 5.41) is 3.05. The first kappa shape index (κ1) is 18.4. The van der Waals surface area contributed by atoms with Gasteiger partial charge in [0.05, 0.1) is 0 Å². The standard InChI is InChI=1S/C18H29N3O3/c1-18(2,3)24-17(22)21-12-10-20(11-13-21)15-5-7-16(8-6-15)23-14-9-19-4/h5-8,19H,9-14H2,1-4H3. The lowest BCUT2D eigenvalue weighted by atomic mass is 10.2. The van der Waals surface area contributed by atoms with Gasteiger partial charge in [-0.2, -0.15) is 0 Å². The fourth-order valence-electron chi connectivity index (χ4n) is 2.50. The molecule has 0 atom stereocenters. The minimum atomic E-state index is -0.447. The molecule has 0 spiro atoms. The number of anilines is 1. The maximum Gasteiger partial charge on any atom is 0.410 e. The molecule has 1 amide bonds. The van der Waals surface area contributed by atoms with Crippen LogP contribution < -0.4 is 15.0 Å². The van der Waals surface area contributed by atoms with E-state index in [1.54, 1.807) is 4.90 Å². The summed E-state index contributed by atoms with van der Waals surface area (Å²) in [6.45, 7) is 10.1. The molecular weight excluding hydrogens is 306 g/mol. The molecule has 1 aliphatic rings. The maximum absolute atomic E-state index is 12.1. The number of carbonyl (C=O) groups is 1. The van der Waals surface area contributed by atoms with Crippen LogP contribution >= 0.6 is 0 Å². The van der Waals surface area contributed by atoms with E-state index in [2.05, 4.69) is 22.3 Å². The average molecular weight is 335 g/mol. The van der Waals surface area contributed by atoms with Crippen molar-refractivity contribution in [1.82, 2.24) is 10.2 Å². The minimum Gasteiger partial charge on any atom is -0.492 e. The molecule has 2 rings (SSSR count). The SMILES string of the molecule is CNCCOc1ccc(N2CCN(C(=O)OC(C)(C)C)CC2)cc1. The fraction of sp³-hybridized carbons (Fsp3) is 0.611. The molecule has 0 aliphatic carbocycles. The summed E-state index contributed by atoms with van der Waals surface area (Å²) in [4.78, 5) is 16.1. The Bertz CT molecular complexity index is 517. The first-order valence-corrected chi connectivity index (χ1v) is 8.49. The molecule has 0 saturated carbocycles. The predicted octanol–water partition coefficient (Wildman–Crippen LogP) is 2.34. The van der Waals surface area contributed by atoms with Gasteiger partial charge in [-0.15, -0.1) is 0 Å². The molecular formula is C18H29N3O3. The number of nitrogens with one attached hydrogen (secondary N) is 1. The van der Waals surface area contributed by atoms with E-state index in [9.17, 15) is 4.79 Å². The number of carbonyl (C=O) groups excluding carboxylic acids is 1. The van der Waals surface area contributed by atoms with Gasteiger partial charge in [-0.1, -0.05) is 0 Å². The molecule has 0 radical (unpaired) electrons. The van der Waals surface area contributed by atoms with E-state index >= 15 is 0 Å². The molecule has 0 bridgehead atoms. The van der Waals surface area contributed by atoms with Crippen molar-refractivity contribution in [1.29, 1.82) is 0 Å². The second-order valence-electron chi connectivity index (χ2n) is 6.90. The van der Waals surface area contributed by atoms with Gasteiger partial charge < -0.3 is 24.6 Å². The molecule has 6 heteroatoms. The van der Waals surface area contributed by atoms with Crippen molar-refractivity contribution in [2.24, 2.45) is 0 Å². The minimum absolute atomic E-state index is 0.226. The Balaban J connectivity index is 1.82. The van der Waals surface area contributed by atoms with Crippen molar-refractivity contribution in [3.8, 4) is 5.75 Å². The lowest BCUT2D eigenvalue weighted by Crippen LogP contribution is -2.50. The van der Waals surface area contributed by atoms with E-state index in [0.29, 0.717) is 19.7 Å². The normalized spacial score (nSPS) is 15.3. The van der Waals surface area contributed by atoms with Crippen LogP contribution in [0, 0.1) is 0 Å². The molecule has 1 aliphatic heterocycles. The molecule has 1 aromatic carbocycles. The summed E-state index contributed by atoms with van der Waals surface area (Å²) in [6, 6.07) is 8.12. The van der Waals surface area contributed by atoms with Crippen molar-refractivity contribution >= 4 is 11.8 Å². The third-order valence-corrected chi connectivity index (χ3v) is 3.75. The van der Waals surface area contributed by atoms with Crippen LogP contribution in [0.2, 0.25) is 0 Å². The maximum atomic E-state index is 12.1. The van der Waals surface area contributed by atoms with Gasteiger partial charge in [0.1, 0.15) is 18.0 Å². The quantitative estimate of drug-likeness (QED) is 0.837. The Morgan fingerprint density at radius 3 is 2.29 bits per heavy atom. The number of piperazine rings is 1. The highest BCUT2D eigenvalue weighted by atomic mass is 16.6. The molecule has 6 nitrogen and oxygen atoms in total. The number of benzene rings is 1. The lowest BCUT2D eigenvalue weighted by molar-refractivity contribution is 0.0240.